The normalized spacial score (nSPS) is 16.1. The van der Waals surface area contributed by atoms with Crippen molar-refractivity contribution < 1.29 is 14.3 Å². The number of ether oxygens (including phenoxy) is 2. The fraction of sp³-hybridized carbons (Fsp3) is 0.519. The first-order chi connectivity index (χ1) is 14.2. The molecule has 0 bridgehead atoms. The van der Waals surface area contributed by atoms with Gasteiger partial charge in [-0.2, -0.15) is 0 Å². The maximum Gasteiger partial charge on any atom is 0.333 e. The Morgan fingerprint density at radius 3 is 2.40 bits per heavy atom. The number of carbonyl (C=O) groups is 1. The third-order valence-corrected chi connectivity index (χ3v) is 5.92. The minimum Gasteiger partial charge on any atom is -0.497 e. The molecule has 3 nitrogen and oxygen atoms in total. The fourth-order valence-corrected chi connectivity index (χ4v) is 3.36. The maximum atomic E-state index is 11.6. The van der Waals surface area contributed by atoms with Crippen LogP contribution in [0.25, 0.3) is 0 Å². The molecule has 3 heteroatoms. The molecule has 0 aromatic carbocycles. The molecule has 0 N–H and O–H groups in total. The van der Waals surface area contributed by atoms with Gasteiger partial charge in [-0.05, 0) is 60.8 Å². The van der Waals surface area contributed by atoms with E-state index >= 15 is 0 Å². The molecule has 1 rings (SSSR count). The summed E-state index contributed by atoms with van der Waals surface area (Å²) >= 11 is 0. The van der Waals surface area contributed by atoms with Gasteiger partial charge in [0.2, 0.25) is 0 Å². The van der Waals surface area contributed by atoms with E-state index in [1.165, 1.54) is 30.4 Å². The summed E-state index contributed by atoms with van der Waals surface area (Å²) in [5.41, 5.74) is 5.00. The van der Waals surface area contributed by atoms with E-state index in [0.29, 0.717) is 23.7 Å². The van der Waals surface area contributed by atoms with Crippen molar-refractivity contribution >= 4 is 5.97 Å². The van der Waals surface area contributed by atoms with Crippen molar-refractivity contribution in [1.82, 2.24) is 0 Å². The summed E-state index contributed by atoms with van der Waals surface area (Å²) in [5.74, 6) is 1.61. The van der Waals surface area contributed by atoms with Crippen LogP contribution in [0.4, 0.5) is 0 Å². The topological polar surface area (TPSA) is 35.5 Å². The molecule has 0 amide bonds. The summed E-state index contributed by atoms with van der Waals surface area (Å²) in [5, 5.41) is 0. The summed E-state index contributed by atoms with van der Waals surface area (Å²) in [7, 11) is 1.59. The Kier molecular flexibility index (Phi) is 11.2. The summed E-state index contributed by atoms with van der Waals surface area (Å²) in [6.07, 6.45) is 12.9. The Balaban J connectivity index is 2.78. The molecule has 0 aromatic heterocycles. The Morgan fingerprint density at radius 1 is 1.17 bits per heavy atom. The second-order valence-corrected chi connectivity index (χ2v) is 8.41. The standard InChI is InChI=1S/C27H40O3/c1-9-20(4)10-11-21(5)24-12-14-25(15-13-24)22(6)18-26(23(7)29-8)16-17-30-27(28)19(2)3/h12,14,18,20-21H,2,6-7,9-11,13,15-17H2,1,3-5,8H3/b26-18-. The van der Waals surface area contributed by atoms with Gasteiger partial charge in [-0.25, -0.2) is 4.79 Å². The molecule has 1 aliphatic carbocycles. The highest BCUT2D eigenvalue weighted by atomic mass is 16.5. The number of methoxy groups -OCH3 is 1. The summed E-state index contributed by atoms with van der Waals surface area (Å²) < 4.78 is 10.5. The van der Waals surface area contributed by atoms with Gasteiger partial charge in [0.15, 0.2) is 0 Å². The number of hydrogen-bond acceptors (Lipinski definition) is 3. The lowest BCUT2D eigenvalue weighted by Crippen LogP contribution is -2.08. The van der Waals surface area contributed by atoms with E-state index in [1.807, 2.05) is 6.08 Å². The van der Waals surface area contributed by atoms with Crippen LogP contribution in [0.1, 0.15) is 66.2 Å². The lowest BCUT2D eigenvalue weighted by atomic mass is 9.84. The lowest BCUT2D eigenvalue weighted by Gasteiger charge is -2.22. The van der Waals surface area contributed by atoms with Crippen LogP contribution >= 0.6 is 0 Å². The number of esters is 1. The second kappa shape index (κ2) is 13.1. The molecule has 0 fully saturated rings. The van der Waals surface area contributed by atoms with Crippen LogP contribution in [-0.2, 0) is 14.3 Å². The SMILES string of the molecule is C=C(C)C(=O)OCC/C(=C/C(=C)C1=CC=C(C(C)CCC(C)CC)CC1)C(=C)OC. The van der Waals surface area contributed by atoms with Gasteiger partial charge in [0, 0.05) is 12.0 Å². The van der Waals surface area contributed by atoms with E-state index < -0.39 is 0 Å². The molecule has 0 saturated carbocycles. The minimum absolute atomic E-state index is 0.254. The van der Waals surface area contributed by atoms with E-state index in [1.54, 1.807) is 14.0 Å². The van der Waals surface area contributed by atoms with Crippen molar-refractivity contribution in [1.29, 1.82) is 0 Å². The van der Waals surface area contributed by atoms with E-state index in [-0.39, 0.29) is 12.6 Å². The average molecular weight is 413 g/mol. The first-order valence-electron chi connectivity index (χ1n) is 11.0. The van der Waals surface area contributed by atoms with Crippen LogP contribution in [0.15, 0.2) is 71.6 Å². The first kappa shape index (κ1) is 25.7. The number of hydrogen-bond donors (Lipinski definition) is 0. The van der Waals surface area contributed by atoms with Gasteiger partial charge in [-0.15, -0.1) is 0 Å². The van der Waals surface area contributed by atoms with Crippen molar-refractivity contribution in [2.45, 2.75) is 66.2 Å². The lowest BCUT2D eigenvalue weighted by molar-refractivity contribution is -0.138. The predicted octanol–water partition coefficient (Wildman–Crippen LogP) is 7.25. The van der Waals surface area contributed by atoms with Crippen LogP contribution in [0.2, 0.25) is 0 Å². The molecule has 166 valence electrons. The van der Waals surface area contributed by atoms with E-state index in [4.69, 9.17) is 9.47 Å². The molecule has 2 unspecified atom stereocenters. The quantitative estimate of drug-likeness (QED) is 0.138. The highest BCUT2D eigenvalue weighted by Gasteiger charge is 2.15. The summed E-state index contributed by atoms with van der Waals surface area (Å²) in [4.78, 5) is 11.6. The number of allylic oxidation sites excluding steroid dienone is 7. The summed E-state index contributed by atoms with van der Waals surface area (Å²) in [6.45, 7) is 20.6. The minimum atomic E-state index is -0.383. The van der Waals surface area contributed by atoms with Crippen molar-refractivity contribution in [2.75, 3.05) is 13.7 Å². The Hall–Kier alpha value is -2.29. The molecule has 2 atom stereocenters. The molecule has 0 aliphatic heterocycles. The van der Waals surface area contributed by atoms with Gasteiger partial charge in [0.05, 0.1) is 13.7 Å². The molecular weight excluding hydrogens is 372 g/mol. The van der Waals surface area contributed by atoms with Crippen molar-refractivity contribution in [3.8, 4) is 0 Å². The monoisotopic (exact) mass is 412 g/mol. The molecular formula is C27H40O3. The zero-order valence-electron chi connectivity index (χ0n) is 19.7. The number of carbonyl (C=O) groups excluding carboxylic acids is 1. The smallest absolute Gasteiger partial charge is 0.333 e. The highest BCUT2D eigenvalue weighted by Crippen LogP contribution is 2.31. The molecule has 0 saturated heterocycles. The van der Waals surface area contributed by atoms with Crippen molar-refractivity contribution in [3.63, 3.8) is 0 Å². The van der Waals surface area contributed by atoms with E-state index in [2.05, 4.69) is 52.7 Å². The molecule has 30 heavy (non-hydrogen) atoms. The van der Waals surface area contributed by atoms with Crippen LogP contribution in [0.5, 0.6) is 0 Å². The van der Waals surface area contributed by atoms with E-state index in [9.17, 15) is 4.79 Å². The number of rotatable bonds is 13. The van der Waals surface area contributed by atoms with Gasteiger partial charge in [-0.3, -0.25) is 0 Å². The van der Waals surface area contributed by atoms with Gasteiger partial charge in [-0.1, -0.05) is 71.1 Å². The highest BCUT2D eigenvalue weighted by molar-refractivity contribution is 5.86. The van der Waals surface area contributed by atoms with Crippen molar-refractivity contribution in [3.05, 3.63) is 71.6 Å². The van der Waals surface area contributed by atoms with Crippen LogP contribution < -0.4 is 0 Å². The summed E-state index contributed by atoms with van der Waals surface area (Å²) in [6, 6.07) is 0. The Labute approximate surface area is 183 Å². The molecule has 0 spiro atoms. The van der Waals surface area contributed by atoms with Crippen LogP contribution in [0.3, 0.4) is 0 Å². The van der Waals surface area contributed by atoms with Gasteiger partial charge in [0.1, 0.15) is 5.76 Å². The second-order valence-electron chi connectivity index (χ2n) is 8.41. The van der Waals surface area contributed by atoms with Crippen molar-refractivity contribution in [2.24, 2.45) is 11.8 Å². The third kappa shape index (κ3) is 8.61. The molecule has 0 heterocycles. The third-order valence-electron chi connectivity index (χ3n) is 5.92. The first-order valence-corrected chi connectivity index (χ1v) is 11.0. The van der Waals surface area contributed by atoms with Crippen LogP contribution in [-0.4, -0.2) is 19.7 Å². The molecule has 1 aliphatic rings. The predicted molar refractivity (Wildman–Crippen MR) is 127 cm³/mol. The van der Waals surface area contributed by atoms with Gasteiger partial charge < -0.3 is 9.47 Å². The molecule has 0 aromatic rings. The fourth-order valence-electron chi connectivity index (χ4n) is 3.36. The Bertz CT molecular complexity index is 733. The molecule has 0 radical (unpaired) electrons. The zero-order valence-corrected chi connectivity index (χ0v) is 19.7. The maximum absolute atomic E-state index is 11.6. The average Bonchev–Trinajstić information content (AvgIpc) is 2.75. The zero-order chi connectivity index (χ0) is 22.7. The van der Waals surface area contributed by atoms with Crippen LogP contribution in [0, 0.1) is 11.8 Å². The van der Waals surface area contributed by atoms with Gasteiger partial charge in [0.25, 0.3) is 0 Å². The van der Waals surface area contributed by atoms with Gasteiger partial charge >= 0.3 is 5.97 Å². The largest absolute Gasteiger partial charge is 0.497 e. The Morgan fingerprint density at radius 2 is 1.87 bits per heavy atom. The van der Waals surface area contributed by atoms with E-state index in [0.717, 1.165) is 29.9 Å².